The van der Waals surface area contributed by atoms with Gasteiger partial charge in [-0.05, 0) is 36.4 Å². The van der Waals surface area contributed by atoms with Gasteiger partial charge >= 0.3 is 12.0 Å². The lowest BCUT2D eigenvalue weighted by atomic mass is 10.3. The minimum absolute atomic E-state index is 0.172. The Kier molecular flexibility index (Phi) is 4.62. The first kappa shape index (κ1) is 15.4. The quantitative estimate of drug-likeness (QED) is 0.759. The summed E-state index contributed by atoms with van der Waals surface area (Å²) in [6.07, 6.45) is 2.85. The molecule has 0 aliphatic heterocycles. The van der Waals surface area contributed by atoms with Crippen LogP contribution in [0.5, 0.6) is 11.8 Å². The van der Waals surface area contributed by atoms with Crippen molar-refractivity contribution in [3.05, 3.63) is 72.8 Å². The third-order valence-electron chi connectivity index (χ3n) is 2.94. The lowest BCUT2D eigenvalue weighted by Crippen LogP contribution is -2.19. The van der Waals surface area contributed by atoms with Gasteiger partial charge in [0.15, 0.2) is 0 Å². The maximum Gasteiger partial charge on any atom is 0.323 e. The number of hydrogen-bond acceptors (Lipinski definition) is 4. The van der Waals surface area contributed by atoms with E-state index in [1.54, 1.807) is 12.1 Å². The van der Waals surface area contributed by atoms with Crippen molar-refractivity contribution in [3.8, 4) is 11.8 Å². The molecular formula is C17H13FN4O2. The summed E-state index contributed by atoms with van der Waals surface area (Å²) in [5.41, 5.74) is 0.869. The van der Waals surface area contributed by atoms with Crippen LogP contribution in [0.1, 0.15) is 0 Å². The van der Waals surface area contributed by atoms with E-state index in [2.05, 4.69) is 20.6 Å². The van der Waals surface area contributed by atoms with Crippen LogP contribution in [0.4, 0.5) is 20.6 Å². The summed E-state index contributed by atoms with van der Waals surface area (Å²) in [5.74, 6) is 0.246. The third-order valence-corrected chi connectivity index (χ3v) is 2.94. The van der Waals surface area contributed by atoms with Gasteiger partial charge in [-0.25, -0.2) is 19.2 Å². The van der Waals surface area contributed by atoms with E-state index in [0.29, 0.717) is 17.1 Å². The van der Waals surface area contributed by atoms with Gasteiger partial charge < -0.3 is 15.4 Å². The number of rotatable bonds is 4. The van der Waals surface area contributed by atoms with E-state index in [-0.39, 0.29) is 11.8 Å². The number of carbonyl (C=O) groups is 1. The molecule has 0 unspecified atom stereocenters. The Morgan fingerprint density at radius 2 is 1.50 bits per heavy atom. The number of aromatic nitrogens is 2. The van der Waals surface area contributed by atoms with Gasteiger partial charge in [-0.15, -0.1) is 0 Å². The molecule has 0 saturated heterocycles. The fourth-order valence-corrected chi connectivity index (χ4v) is 1.85. The highest BCUT2D eigenvalue weighted by atomic mass is 19.1. The molecule has 0 aliphatic rings. The van der Waals surface area contributed by atoms with Gasteiger partial charge in [-0.1, -0.05) is 18.2 Å². The molecule has 0 bridgehead atoms. The molecule has 0 aliphatic carbocycles. The smallest absolute Gasteiger partial charge is 0.323 e. The van der Waals surface area contributed by atoms with Gasteiger partial charge in [0.2, 0.25) is 0 Å². The van der Waals surface area contributed by atoms with Crippen LogP contribution < -0.4 is 15.4 Å². The Morgan fingerprint density at radius 1 is 0.875 bits per heavy atom. The fraction of sp³-hybridized carbons (Fsp3) is 0. The zero-order valence-corrected chi connectivity index (χ0v) is 12.4. The highest BCUT2D eigenvalue weighted by molar-refractivity contribution is 5.99. The molecule has 24 heavy (non-hydrogen) atoms. The van der Waals surface area contributed by atoms with Gasteiger partial charge in [0, 0.05) is 5.69 Å². The number of urea groups is 1. The average Bonchev–Trinajstić information content (AvgIpc) is 2.60. The molecule has 0 saturated carbocycles. The van der Waals surface area contributed by atoms with Crippen LogP contribution in [-0.4, -0.2) is 16.0 Å². The predicted molar refractivity (Wildman–Crippen MR) is 87.6 cm³/mol. The van der Waals surface area contributed by atoms with Gasteiger partial charge in [0.25, 0.3) is 0 Å². The Bertz CT molecular complexity index is 808. The van der Waals surface area contributed by atoms with Crippen molar-refractivity contribution in [2.24, 2.45) is 0 Å². The Labute approximate surface area is 137 Å². The molecule has 6 nitrogen and oxygen atoms in total. The van der Waals surface area contributed by atoms with Crippen molar-refractivity contribution < 1.29 is 13.9 Å². The Hall–Kier alpha value is -3.48. The molecule has 1 aromatic heterocycles. The Morgan fingerprint density at radius 3 is 2.17 bits per heavy atom. The third kappa shape index (κ3) is 4.26. The second kappa shape index (κ2) is 7.19. The number of para-hydroxylation sites is 1. The van der Waals surface area contributed by atoms with Crippen LogP contribution in [0.15, 0.2) is 67.0 Å². The fourth-order valence-electron chi connectivity index (χ4n) is 1.85. The monoisotopic (exact) mass is 324 g/mol. The van der Waals surface area contributed by atoms with Crippen molar-refractivity contribution >= 4 is 17.4 Å². The molecule has 3 rings (SSSR count). The van der Waals surface area contributed by atoms with Crippen LogP contribution in [0.25, 0.3) is 0 Å². The van der Waals surface area contributed by atoms with Crippen LogP contribution in [0, 0.1) is 5.82 Å². The van der Waals surface area contributed by atoms with E-state index in [1.807, 2.05) is 18.2 Å². The molecular weight excluding hydrogens is 311 g/mol. The van der Waals surface area contributed by atoms with Crippen LogP contribution in [-0.2, 0) is 0 Å². The van der Waals surface area contributed by atoms with E-state index < -0.39 is 6.03 Å². The molecule has 1 heterocycles. The second-order valence-electron chi connectivity index (χ2n) is 4.76. The zero-order chi connectivity index (χ0) is 16.8. The lowest BCUT2D eigenvalue weighted by molar-refractivity contribution is 0.262. The van der Waals surface area contributed by atoms with Gasteiger partial charge in [-0.2, -0.15) is 0 Å². The van der Waals surface area contributed by atoms with E-state index in [4.69, 9.17) is 4.74 Å². The number of nitrogens with one attached hydrogen (secondary N) is 2. The summed E-state index contributed by atoms with van der Waals surface area (Å²) in [5, 5.41) is 5.14. The van der Waals surface area contributed by atoms with Crippen molar-refractivity contribution in [3.63, 3.8) is 0 Å². The molecule has 0 atom stereocenters. The molecule has 7 heteroatoms. The number of halogens is 1. The van der Waals surface area contributed by atoms with E-state index >= 15 is 0 Å². The molecule has 3 aromatic rings. The first-order valence-electron chi connectivity index (χ1n) is 7.07. The topological polar surface area (TPSA) is 76.1 Å². The van der Waals surface area contributed by atoms with Crippen LogP contribution in [0.2, 0.25) is 0 Å². The number of nitrogens with zero attached hydrogens (tertiary/aromatic N) is 2. The second-order valence-corrected chi connectivity index (χ2v) is 4.76. The van der Waals surface area contributed by atoms with Crippen molar-refractivity contribution in [2.45, 2.75) is 0 Å². The number of ether oxygens (including phenoxy) is 1. The molecule has 2 aromatic carbocycles. The number of amides is 2. The molecule has 2 N–H and O–H groups in total. The molecule has 0 radical (unpaired) electrons. The highest BCUT2D eigenvalue weighted by Gasteiger charge is 2.05. The van der Waals surface area contributed by atoms with Crippen molar-refractivity contribution in [1.82, 2.24) is 9.97 Å². The van der Waals surface area contributed by atoms with E-state index in [9.17, 15) is 9.18 Å². The van der Waals surface area contributed by atoms with Crippen LogP contribution in [0.3, 0.4) is 0 Å². The minimum atomic E-state index is -0.484. The minimum Gasteiger partial charge on any atom is -0.424 e. The highest BCUT2D eigenvalue weighted by Crippen LogP contribution is 2.17. The maximum absolute atomic E-state index is 12.8. The predicted octanol–water partition coefficient (Wildman–Crippen LogP) is 4.05. The zero-order valence-electron chi connectivity index (χ0n) is 12.4. The largest absolute Gasteiger partial charge is 0.424 e. The van der Waals surface area contributed by atoms with E-state index in [0.717, 1.165) is 0 Å². The number of anilines is 2. The maximum atomic E-state index is 12.8. The van der Waals surface area contributed by atoms with Gasteiger partial charge in [0.1, 0.15) is 11.6 Å². The molecule has 2 amide bonds. The van der Waals surface area contributed by atoms with Gasteiger partial charge in [-0.3, -0.25) is 0 Å². The first-order chi connectivity index (χ1) is 11.7. The molecule has 0 fully saturated rings. The number of benzene rings is 2. The van der Waals surface area contributed by atoms with Crippen LogP contribution >= 0.6 is 0 Å². The van der Waals surface area contributed by atoms with Crippen molar-refractivity contribution in [2.75, 3.05) is 10.6 Å². The standard InChI is InChI=1S/C17H13FN4O2/c18-12-6-8-13(9-7-12)21-16(23)22-14-10-19-17(20-11-14)24-15-4-2-1-3-5-15/h1-11H,(H2,21,22,23). The van der Waals surface area contributed by atoms with E-state index in [1.165, 1.54) is 36.7 Å². The normalized spacial score (nSPS) is 10.0. The SMILES string of the molecule is O=C(Nc1ccc(F)cc1)Nc1cnc(Oc2ccccc2)nc1. The number of carbonyl (C=O) groups excluding carboxylic acids is 1. The average molecular weight is 324 g/mol. The summed E-state index contributed by atoms with van der Waals surface area (Å²) in [6, 6.07) is 14.2. The molecule has 0 spiro atoms. The number of hydrogen-bond donors (Lipinski definition) is 2. The van der Waals surface area contributed by atoms with Crippen molar-refractivity contribution in [1.29, 1.82) is 0 Å². The lowest BCUT2D eigenvalue weighted by Gasteiger charge is -2.08. The summed E-state index contributed by atoms with van der Waals surface area (Å²) < 4.78 is 18.3. The van der Waals surface area contributed by atoms with Gasteiger partial charge in [0.05, 0.1) is 18.1 Å². The summed E-state index contributed by atoms with van der Waals surface area (Å²) in [7, 11) is 0. The first-order valence-corrected chi connectivity index (χ1v) is 7.07. The summed E-state index contributed by atoms with van der Waals surface area (Å²) >= 11 is 0. The summed E-state index contributed by atoms with van der Waals surface area (Å²) in [4.78, 5) is 19.9. The Balaban J connectivity index is 1.57. The molecule has 120 valence electrons. The summed E-state index contributed by atoms with van der Waals surface area (Å²) in [6.45, 7) is 0.